The van der Waals surface area contributed by atoms with E-state index in [2.05, 4.69) is 20.4 Å². The summed E-state index contributed by atoms with van der Waals surface area (Å²) in [4.78, 5) is 12.9. The smallest absolute Gasteiger partial charge is 0.346 e. The van der Waals surface area contributed by atoms with Crippen molar-refractivity contribution in [3.8, 4) is 23.0 Å². The maximum absolute atomic E-state index is 12.9. The molecular weight excluding hydrogens is 408 g/mol. The summed E-state index contributed by atoms with van der Waals surface area (Å²) in [5.41, 5.74) is 3.16. The molecule has 6 nitrogen and oxygen atoms in total. The Morgan fingerprint density at radius 3 is 2.69 bits per heavy atom. The van der Waals surface area contributed by atoms with Crippen molar-refractivity contribution in [2.75, 3.05) is 13.7 Å². The van der Waals surface area contributed by atoms with E-state index in [1.165, 1.54) is 7.11 Å². The third kappa shape index (κ3) is 5.25. The van der Waals surface area contributed by atoms with E-state index < -0.39 is 12.1 Å². The minimum absolute atomic E-state index is 0.0392. The first kappa shape index (κ1) is 23.7. The average molecular weight is 441 g/mol. The van der Waals surface area contributed by atoms with Gasteiger partial charge in [-0.05, 0) is 62.4 Å². The highest BCUT2D eigenvalue weighted by molar-refractivity contribution is 5.96. The van der Waals surface area contributed by atoms with Crippen LogP contribution in [0.4, 0.5) is 0 Å². The number of benzene rings is 2. The zero-order chi connectivity index (χ0) is 23.4. The lowest BCUT2D eigenvalue weighted by atomic mass is 9.98. The lowest BCUT2D eigenvalue weighted by Crippen LogP contribution is -2.15. The molecular formula is C26H32O6. The van der Waals surface area contributed by atoms with Crippen molar-refractivity contribution in [2.45, 2.75) is 53.2 Å². The first-order valence-electron chi connectivity index (χ1n) is 10.9. The number of ether oxygens (including phenoxy) is 4. The van der Waals surface area contributed by atoms with Gasteiger partial charge in [0.05, 0.1) is 19.8 Å². The van der Waals surface area contributed by atoms with Crippen molar-refractivity contribution >= 4 is 5.97 Å². The number of aliphatic hydroxyl groups is 1. The highest BCUT2D eigenvalue weighted by Crippen LogP contribution is 2.44. The second kappa shape index (κ2) is 10.1. The summed E-state index contributed by atoms with van der Waals surface area (Å²) in [5, 5.41) is 10.6. The van der Waals surface area contributed by atoms with Crippen molar-refractivity contribution < 1.29 is 28.8 Å². The molecule has 0 spiro atoms. The molecule has 6 heteroatoms. The van der Waals surface area contributed by atoms with Gasteiger partial charge in [0.2, 0.25) is 0 Å². The number of hydrogen-bond acceptors (Lipinski definition) is 6. The number of hydrogen-bond donors (Lipinski definition) is 1. The van der Waals surface area contributed by atoms with Crippen LogP contribution < -0.4 is 14.2 Å². The predicted molar refractivity (Wildman–Crippen MR) is 123 cm³/mol. The quantitative estimate of drug-likeness (QED) is 0.407. The van der Waals surface area contributed by atoms with Gasteiger partial charge in [0.15, 0.2) is 11.5 Å². The fourth-order valence-electron chi connectivity index (χ4n) is 3.65. The van der Waals surface area contributed by atoms with Crippen LogP contribution in [0.15, 0.2) is 36.4 Å². The Bertz CT molecular complexity index is 1010. The summed E-state index contributed by atoms with van der Waals surface area (Å²) in [6.45, 7) is 12.5. The van der Waals surface area contributed by atoms with E-state index in [4.69, 9.17) is 18.9 Å². The molecule has 172 valence electrons. The van der Waals surface area contributed by atoms with Gasteiger partial charge in [0.1, 0.15) is 23.7 Å². The molecule has 0 saturated carbocycles. The molecule has 0 amide bonds. The number of fused-ring (bicyclic) bond motifs is 2. The number of methoxy groups -OCH3 is 1. The normalized spacial score (nSPS) is 13.8. The van der Waals surface area contributed by atoms with Crippen molar-refractivity contribution in [1.82, 2.24) is 0 Å². The molecule has 2 aromatic carbocycles. The van der Waals surface area contributed by atoms with Gasteiger partial charge in [-0.15, -0.1) is 6.58 Å². The summed E-state index contributed by atoms with van der Waals surface area (Å²) < 4.78 is 23.4. The van der Waals surface area contributed by atoms with Crippen LogP contribution in [0.3, 0.4) is 0 Å². The lowest BCUT2D eigenvalue weighted by molar-refractivity contribution is 0.0453. The summed E-state index contributed by atoms with van der Waals surface area (Å²) in [7, 11) is 1.45. The molecule has 1 heterocycles. The van der Waals surface area contributed by atoms with Crippen LogP contribution >= 0.6 is 0 Å². The van der Waals surface area contributed by atoms with E-state index in [0.29, 0.717) is 36.0 Å². The first-order chi connectivity index (χ1) is 15.2. The fourth-order valence-corrected chi connectivity index (χ4v) is 3.65. The number of aliphatic hydroxyl groups excluding tert-OH is 1. The van der Waals surface area contributed by atoms with Crippen LogP contribution in [0.5, 0.6) is 23.0 Å². The second-order valence-electron chi connectivity index (χ2n) is 8.70. The molecule has 1 atom stereocenters. The summed E-state index contributed by atoms with van der Waals surface area (Å²) in [5.74, 6) is 1.59. The number of aryl methyl sites for hydroxylation is 1. The van der Waals surface area contributed by atoms with E-state index in [-0.39, 0.29) is 23.7 Å². The third-order valence-electron chi connectivity index (χ3n) is 5.26. The number of rotatable bonds is 8. The van der Waals surface area contributed by atoms with E-state index >= 15 is 0 Å². The zero-order valence-electron chi connectivity index (χ0n) is 19.5. The third-order valence-corrected chi connectivity index (χ3v) is 5.26. The minimum Gasteiger partial charge on any atom is -0.495 e. The molecule has 0 fully saturated rings. The molecule has 0 aliphatic carbocycles. The Morgan fingerprint density at radius 1 is 1.28 bits per heavy atom. The second-order valence-corrected chi connectivity index (χ2v) is 8.70. The number of carbonyl (C=O) groups excluding carboxylic acids is 1. The van der Waals surface area contributed by atoms with Gasteiger partial charge in [-0.1, -0.05) is 19.4 Å². The molecule has 0 bridgehead atoms. The summed E-state index contributed by atoms with van der Waals surface area (Å²) >= 11 is 0. The number of cyclic esters (lactones) is 1. The largest absolute Gasteiger partial charge is 0.495 e. The first-order valence-corrected chi connectivity index (χ1v) is 10.9. The maximum Gasteiger partial charge on any atom is 0.346 e. The van der Waals surface area contributed by atoms with Gasteiger partial charge in [0.25, 0.3) is 0 Å². The van der Waals surface area contributed by atoms with Crippen molar-refractivity contribution in [2.24, 2.45) is 5.92 Å². The Kier molecular flexibility index (Phi) is 7.46. The zero-order valence-corrected chi connectivity index (χ0v) is 19.5. The van der Waals surface area contributed by atoms with Crippen LogP contribution in [-0.2, 0) is 11.3 Å². The van der Waals surface area contributed by atoms with Gasteiger partial charge >= 0.3 is 5.97 Å². The average Bonchev–Trinajstić information content (AvgIpc) is 2.71. The SMILES string of the molecule is C=C(C)CC(O)c1ccc2c(c1OC)C(=O)OCc1cc(C)cc(OCCC(C)C)c1O2. The van der Waals surface area contributed by atoms with Gasteiger partial charge in [-0.2, -0.15) is 0 Å². The summed E-state index contributed by atoms with van der Waals surface area (Å²) in [6, 6.07) is 7.20. The molecule has 3 rings (SSSR count). The van der Waals surface area contributed by atoms with E-state index in [0.717, 1.165) is 23.1 Å². The van der Waals surface area contributed by atoms with Crippen LogP contribution in [0, 0.1) is 12.8 Å². The van der Waals surface area contributed by atoms with Crippen molar-refractivity contribution in [3.63, 3.8) is 0 Å². The topological polar surface area (TPSA) is 74.2 Å². The molecule has 1 aliphatic heterocycles. The molecule has 2 aromatic rings. The lowest BCUT2D eigenvalue weighted by Gasteiger charge is -2.24. The van der Waals surface area contributed by atoms with Crippen LogP contribution in [0.2, 0.25) is 0 Å². The van der Waals surface area contributed by atoms with E-state index in [9.17, 15) is 9.90 Å². The van der Waals surface area contributed by atoms with Crippen molar-refractivity contribution in [3.05, 3.63) is 58.7 Å². The molecule has 32 heavy (non-hydrogen) atoms. The molecule has 1 aliphatic rings. The monoisotopic (exact) mass is 440 g/mol. The standard InChI is InChI=1S/C26H32O6/c1-15(2)9-10-30-22-13-17(5)12-18-14-31-26(28)23-21(32-24(18)22)8-7-19(25(23)29-6)20(27)11-16(3)4/h7-8,12-13,15,20,27H,3,9-11,14H2,1-2,4-6H3. The van der Waals surface area contributed by atoms with Gasteiger partial charge in [0, 0.05) is 11.1 Å². The highest BCUT2D eigenvalue weighted by atomic mass is 16.6. The maximum atomic E-state index is 12.9. The predicted octanol–water partition coefficient (Wildman–Crippen LogP) is 5.89. The fraction of sp³-hybridized carbons (Fsp3) is 0.423. The minimum atomic E-state index is -0.865. The van der Waals surface area contributed by atoms with E-state index in [1.807, 2.05) is 26.0 Å². The van der Waals surface area contributed by atoms with Crippen molar-refractivity contribution in [1.29, 1.82) is 0 Å². The van der Waals surface area contributed by atoms with E-state index in [1.54, 1.807) is 12.1 Å². The Morgan fingerprint density at radius 2 is 2.03 bits per heavy atom. The Hall–Kier alpha value is -2.99. The number of esters is 1. The Labute approximate surface area is 189 Å². The Balaban J connectivity index is 2.06. The summed E-state index contributed by atoms with van der Waals surface area (Å²) in [6.07, 6.45) is 0.392. The van der Waals surface area contributed by atoms with Gasteiger partial charge in [-0.3, -0.25) is 0 Å². The van der Waals surface area contributed by atoms with Crippen LogP contribution in [0.25, 0.3) is 0 Å². The molecule has 1 unspecified atom stereocenters. The molecule has 0 radical (unpaired) electrons. The highest BCUT2D eigenvalue weighted by Gasteiger charge is 2.30. The van der Waals surface area contributed by atoms with Gasteiger partial charge in [-0.25, -0.2) is 4.79 Å². The van der Waals surface area contributed by atoms with Gasteiger partial charge < -0.3 is 24.1 Å². The number of carbonyl (C=O) groups is 1. The van der Waals surface area contributed by atoms with Crippen LogP contribution in [0.1, 0.15) is 66.8 Å². The molecule has 0 saturated heterocycles. The molecule has 1 N–H and O–H groups in total. The molecule has 0 aromatic heterocycles. The van der Waals surface area contributed by atoms with Crippen LogP contribution in [-0.4, -0.2) is 24.8 Å².